The summed E-state index contributed by atoms with van der Waals surface area (Å²) in [5.41, 5.74) is 1.59. The van der Waals surface area contributed by atoms with Crippen LogP contribution in [0.5, 0.6) is 0 Å². The summed E-state index contributed by atoms with van der Waals surface area (Å²) in [6.45, 7) is 3.53. The molecule has 0 bridgehead atoms. The Morgan fingerprint density at radius 1 is 1.29 bits per heavy atom. The monoisotopic (exact) mass is 330 g/mol. The number of rotatable bonds is 3. The number of hydrogen-bond donors (Lipinski definition) is 1. The van der Waals surface area contributed by atoms with E-state index in [0.717, 1.165) is 30.7 Å². The quantitative estimate of drug-likeness (QED) is 0.802. The van der Waals surface area contributed by atoms with Gasteiger partial charge in [-0.05, 0) is 44.4 Å². The molecule has 1 atom stereocenters. The van der Waals surface area contributed by atoms with E-state index in [0.29, 0.717) is 22.4 Å². The van der Waals surface area contributed by atoms with Crippen LogP contribution in [0.4, 0.5) is 8.78 Å². The Balaban J connectivity index is 1.92. The SMILES string of the molecule is Cc1nc2c(c(C3CC3)nn2C(C)c2ccc(F)c(F)c2)c(=O)[nH]1. The molecule has 1 N–H and O–H groups in total. The van der Waals surface area contributed by atoms with Crippen molar-refractivity contribution in [2.75, 3.05) is 0 Å². The van der Waals surface area contributed by atoms with Crippen molar-refractivity contribution in [3.63, 3.8) is 0 Å². The molecule has 2 heterocycles. The van der Waals surface area contributed by atoms with Crippen LogP contribution in [0.2, 0.25) is 0 Å². The van der Waals surface area contributed by atoms with E-state index in [9.17, 15) is 13.6 Å². The number of fused-ring (bicyclic) bond motifs is 1. The van der Waals surface area contributed by atoms with Crippen LogP contribution in [-0.4, -0.2) is 19.7 Å². The van der Waals surface area contributed by atoms with Gasteiger partial charge >= 0.3 is 0 Å². The van der Waals surface area contributed by atoms with E-state index in [-0.39, 0.29) is 17.5 Å². The molecule has 0 aliphatic heterocycles. The summed E-state index contributed by atoms with van der Waals surface area (Å²) in [6.07, 6.45) is 2.00. The zero-order chi connectivity index (χ0) is 17.0. The topological polar surface area (TPSA) is 63.6 Å². The summed E-state index contributed by atoms with van der Waals surface area (Å²) in [4.78, 5) is 19.5. The summed E-state index contributed by atoms with van der Waals surface area (Å²) >= 11 is 0. The van der Waals surface area contributed by atoms with Crippen molar-refractivity contribution < 1.29 is 8.78 Å². The molecule has 0 saturated heterocycles. The van der Waals surface area contributed by atoms with E-state index in [1.807, 2.05) is 6.92 Å². The fraction of sp³-hybridized carbons (Fsp3) is 0.353. The van der Waals surface area contributed by atoms with Gasteiger partial charge in [0.1, 0.15) is 11.2 Å². The Morgan fingerprint density at radius 3 is 2.71 bits per heavy atom. The molecule has 1 fully saturated rings. The number of benzene rings is 1. The molecule has 3 aromatic rings. The van der Waals surface area contributed by atoms with E-state index in [4.69, 9.17) is 0 Å². The standard InChI is InChI=1S/C17H16F2N4O/c1-8(11-5-6-12(18)13(19)7-11)23-16-14(15(22-23)10-3-4-10)17(24)21-9(2)20-16/h5-8,10H,3-4H2,1-2H3,(H,20,21,24). The number of aromatic amines is 1. The van der Waals surface area contributed by atoms with Crippen molar-refractivity contribution in [1.82, 2.24) is 19.7 Å². The van der Waals surface area contributed by atoms with E-state index in [2.05, 4.69) is 15.1 Å². The maximum absolute atomic E-state index is 13.6. The molecule has 0 radical (unpaired) electrons. The summed E-state index contributed by atoms with van der Waals surface area (Å²) in [5.74, 6) is -1.02. The van der Waals surface area contributed by atoms with E-state index < -0.39 is 11.6 Å². The van der Waals surface area contributed by atoms with Crippen LogP contribution in [0.3, 0.4) is 0 Å². The van der Waals surface area contributed by atoms with Crippen molar-refractivity contribution in [3.8, 4) is 0 Å². The highest BCUT2D eigenvalue weighted by molar-refractivity contribution is 5.78. The minimum atomic E-state index is -0.903. The molecule has 124 valence electrons. The lowest BCUT2D eigenvalue weighted by atomic mass is 10.1. The van der Waals surface area contributed by atoms with Crippen LogP contribution in [-0.2, 0) is 0 Å². The third-order valence-electron chi connectivity index (χ3n) is 4.46. The summed E-state index contributed by atoms with van der Waals surface area (Å²) in [7, 11) is 0. The number of aryl methyl sites for hydroxylation is 1. The van der Waals surface area contributed by atoms with Crippen LogP contribution in [0.1, 0.15) is 48.8 Å². The molecule has 1 aliphatic carbocycles. The van der Waals surface area contributed by atoms with Gasteiger partial charge in [0, 0.05) is 5.92 Å². The van der Waals surface area contributed by atoms with Crippen molar-refractivity contribution in [1.29, 1.82) is 0 Å². The highest BCUT2D eigenvalue weighted by Gasteiger charge is 2.32. The summed E-state index contributed by atoms with van der Waals surface area (Å²) in [6, 6.07) is 3.40. The molecule has 4 rings (SSSR count). The molecule has 5 nitrogen and oxygen atoms in total. The summed E-state index contributed by atoms with van der Waals surface area (Å²) < 4.78 is 28.4. The first-order valence-corrected chi connectivity index (χ1v) is 7.89. The molecule has 7 heteroatoms. The average Bonchev–Trinajstić information content (AvgIpc) is 3.30. The Bertz CT molecular complexity index is 1000. The third kappa shape index (κ3) is 2.31. The number of hydrogen-bond acceptors (Lipinski definition) is 3. The largest absolute Gasteiger partial charge is 0.310 e. The van der Waals surface area contributed by atoms with E-state index >= 15 is 0 Å². The van der Waals surface area contributed by atoms with Crippen molar-refractivity contribution in [3.05, 3.63) is 57.3 Å². The number of aromatic nitrogens is 4. The normalized spacial score (nSPS) is 15.8. The van der Waals surface area contributed by atoms with Gasteiger partial charge in [-0.2, -0.15) is 5.10 Å². The number of nitrogens with one attached hydrogen (secondary N) is 1. The predicted octanol–water partition coefficient (Wildman–Crippen LogP) is 3.19. The van der Waals surface area contributed by atoms with Gasteiger partial charge in [-0.1, -0.05) is 6.07 Å². The Kier molecular flexibility index (Phi) is 3.26. The first-order valence-electron chi connectivity index (χ1n) is 7.89. The Morgan fingerprint density at radius 2 is 2.04 bits per heavy atom. The first kappa shape index (κ1) is 15.0. The van der Waals surface area contributed by atoms with Gasteiger partial charge in [0.2, 0.25) is 0 Å². The lowest BCUT2D eigenvalue weighted by Gasteiger charge is -2.14. The van der Waals surface area contributed by atoms with Gasteiger partial charge < -0.3 is 4.98 Å². The highest BCUT2D eigenvalue weighted by Crippen LogP contribution is 2.42. The number of H-pyrrole nitrogens is 1. The molecular formula is C17H16F2N4O. The highest BCUT2D eigenvalue weighted by atomic mass is 19.2. The smallest absolute Gasteiger partial charge is 0.262 e. The Hall–Kier alpha value is -2.57. The van der Waals surface area contributed by atoms with Gasteiger partial charge in [0.15, 0.2) is 17.3 Å². The van der Waals surface area contributed by atoms with Gasteiger partial charge in [-0.15, -0.1) is 0 Å². The number of halogens is 2. The maximum atomic E-state index is 13.6. The minimum absolute atomic E-state index is 0.205. The minimum Gasteiger partial charge on any atom is -0.310 e. The first-order chi connectivity index (χ1) is 11.5. The van der Waals surface area contributed by atoms with Crippen molar-refractivity contribution in [2.24, 2.45) is 0 Å². The van der Waals surface area contributed by atoms with Crippen LogP contribution in [0.15, 0.2) is 23.0 Å². The predicted molar refractivity (Wildman–Crippen MR) is 85.0 cm³/mol. The van der Waals surface area contributed by atoms with Gasteiger partial charge in [0.25, 0.3) is 5.56 Å². The van der Waals surface area contributed by atoms with Crippen LogP contribution >= 0.6 is 0 Å². The average molecular weight is 330 g/mol. The molecule has 0 spiro atoms. The van der Waals surface area contributed by atoms with Gasteiger partial charge in [0.05, 0.1) is 11.7 Å². The fourth-order valence-electron chi connectivity index (χ4n) is 3.01. The molecule has 2 aromatic heterocycles. The molecule has 0 amide bonds. The van der Waals surface area contributed by atoms with E-state index in [1.165, 1.54) is 6.07 Å². The fourth-order valence-corrected chi connectivity index (χ4v) is 3.01. The lowest BCUT2D eigenvalue weighted by Crippen LogP contribution is -2.13. The second-order valence-electron chi connectivity index (χ2n) is 6.30. The van der Waals surface area contributed by atoms with E-state index in [1.54, 1.807) is 11.6 Å². The van der Waals surface area contributed by atoms with Crippen LogP contribution in [0, 0.1) is 18.6 Å². The van der Waals surface area contributed by atoms with Crippen LogP contribution in [0.25, 0.3) is 11.0 Å². The molecule has 1 saturated carbocycles. The van der Waals surface area contributed by atoms with Crippen molar-refractivity contribution in [2.45, 2.75) is 38.6 Å². The maximum Gasteiger partial charge on any atom is 0.262 e. The third-order valence-corrected chi connectivity index (χ3v) is 4.46. The van der Waals surface area contributed by atoms with Crippen LogP contribution < -0.4 is 5.56 Å². The molecule has 1 aromatic carbocycles. The summed E-state index contributed by atoms with van der Waals surface area (Å²) in [5, 5.41) is 5.10. The molecule has 1 unspecified atom stereocenters. The zero-order valence-corrected chi connectivity index (χ0v) is 13.3. The number of nitrogens with zero attached hydrogens (tertiary/aromatic N) is 3. The molecular weight excluding hydrogens is 314 g/mol. The van der Waals surface area contributed by atoms with Crippen molar-refractivity contribution >= 4 is 11.0 Å². The second-order valence-corrected chi connectivity index (χ2v) is 6.30. The lowest BCUT2D eigenvalue weighted by molar-refractivity contribution is 0.500. The molecule has 1 aliphatic rings. The second kappa shape index (κ2) is 5.22. The van der Waals surface area contributed by atoms with Gasteiger partial charge in [-0.3, -0.25) is 4.79 Å². The zero-order valence-electron chi connectivity index (χ0n) is 13.3. The Labute approximate surface area is 136 Å². The van der Waals surface area contributed by atoms with Gasteiger partial charge in [-0.25, -0.2) is 18.4 Å². The molecule has 24 heavy (non-hydrogen) atoms.